The summed E-state index contributed by atoms with van der Waals surface area (Å²) in [5.74, 6) is 0.741. The fourth-order valence-electron chi connectivity index (χ4n) is 3.45. The predicted octanol–water partition coefficient (Wildman–Crippen LogP) is 4.20. The van der Waals surface area contributed by atoms with Crippen molar-refractivity contribution in [3.05, 3.63) is 65.9 Å². The molecular formula is C23H21N3O4. The Kier molecular flexibility index (Phi) is 5.10. The first kappa shape index (κ1) is 19.4. The van der Waals surface area contributed by atoms with Crippen molar-refractivity contribution in [2.45, 2.75) is 6.92 Å². The summed E-state index contributed by atoms with van der Waals surface area (Å²) in [6, 6.07) is 16.9. The lowest BCUT2D eigenvalue weighted by atomic mass is 10.0. The van der Waals surface area contributed by atoms with Gasteiger partial charge in [-0.2, -0.15) is 5.10 Å². The summed E-state index contributed by atoms with van der Waals surface area (Å²) in [5.41, 5.74) is 3.90. The summed E-state index contributed by atoms with van der Waals surface area (Å²) in [4.78, 5) is 17.4. The Bertz CT molecular complexity index is 1230. The zero-order chi connectivity index (χ0) is 21.3. The van der Waals surface area contributed by atoms with Gasteiger partial charge in [0.15, 0.2) is 17.1 Å². The number of rotatable bonds is 5. The van der Waals surface area contributed by atoms with E-state index in [0.717, 1.165) is 11.3 Å². The van der Waals surface area contributed by atoms with E-state index in [1.807, 2.05) is 49.4 Å². The molecule has 2 aromatic carbocycles. The van der Waals surface area contributed by atoms with Crippen LogP contribution in [0.25, 0.3) is 28.0 Å². The Morgan fingerprint density at radius 2 is 1.67 bits per heavy atom. The minimum atomic E-state index is -0.445. The molecular weight excluding hydrogens is 382 g/mol. The number of ether oxygens (including phenoxy) is 3. The van der Waals surface area contributed by atoms with Crippen molar-refractivity contribution in [2.24, 2.45) is 0 Å². The van der Waals surface area contributed by atoms with Crippen molar-refractivity contribution in [2.75, 3.05) is 21.3 Å². The van der Waals surface area contributed by atoms with Crippen LogP contribution in [-0.2, 0) is 4.74 Å². The normalized spacial score (nSPS) is 10.8. The fraction of sp³-hybridized carbons (Fsp3) is 0.174. The lowest BCUT2D eigenvalue weighted by Gasteiger charge is -2.11. The molecule has 0 unspecified atom stereocenters. The number of para-hydroxylation sites is 1. The first-order chi connectivity index (χ1) is 14.6. The van der Waals surface area contributed by atoms with Crippen LogP contribution in [0.2, 0.25) is 0 Å². The SMILES string of the molecule is COC(=O)c1cc(-c2ccc(OC)c(OC)c2)nc2c1c(C)nn2-c1ccccc1. The van der Waals surface area contributed by atoms with Gasteiger partial charge in [0.1, 0.15) is 0 Å². The van der Waals surface area contributed by atoms with Crippen LogP contribution >= 0.6 is 0 Å². The number of aryl methyl sites for hydroxylation is 1. The van der Waals surface area contributed by atoms with Gasteiger partial charge in [-0.1, -0.05) is 18.2 Å². The predicted molar refractivity (Wildman–Crippen MR) is 113 cm³/mol. The minimum Gasteiger partial charge on any atom is -0.493 e. The number of esters is 1. The standard InChI is InChI=1S/C23H21N3O4/c1-14-21-17(23(27)30-4)13-18(15-10-11-19(28-2)20(12-15)29-3)24-22(21)26(25-14)16-8-6-5-7-9-16/h5-13H,1-4H3. The molecule has 0 bridgehead atoms. The van der Waals surface area contributed by atoms with Crippen LogP contribution in [-0.4, -0.2) is 42.1 Å². The van der Waals surface area contributed by atoms with Crippen molar-refractivity contribution in [3.8, 4) is 28.4 Å². The first-order valence-electron chi connectivity index (χ1n) is 9.34. The number of carbonyl (C=O) groups is 1. The molecule has 0 N–H and O–H groups in total. The summed E-state index contributed by atoms with van der Waals surface area (Å²) >= 11 is 0. The molecule has 0 aliphatic heterocycles. The zero-order valence-corrected chi connectivity index (χ0v) is 17.2. The highest BCUT2D eigenvalue weighted by molar-refractivity contribution is 6.05. The van der Waals surface area contributed by atoms with Gasteiger partial charge in [-0.25, -0.2) is 14.5 Å². The third-order valence-corrected chi connectivity index (χ3v) is 4.90. The second-order valence-electron chi connectivity index (χ2n) is 6.65. The second-order valence-corrected chi connectivity index (χ2v) is 6.65. The molecule has 7 nitrogen and oxygen atoms in total. The topological polar surface area (TPSA) is 75.5 Å². The highest BCUT2D eigenvalue weighted by Gasteiger charge is 2.21. The van der Waals surface area contributed by atoms with Gasteiger partial charge in [0.2, 0.25) is 0 Å². The van der Waals surface area contributed by atoms with Gasteiger partial charge in [0, 0.05) is 5.56 Å². The van der Waals surface area contributed by atoms with E-state index in [9.17, 15) is 4.79 Å². The van der Waals surface area contributed by atoms with Gasteiger partial charge in [-0.3, -0.25) is 0 Å². The summed E-state index contributed by atoms with van der Waals surface area (Å²) in [6.45, 7) is 1.85. The minimum absolute atomic E-state index is 0.409. The Hall–Kier alpha value is -3.87. The first-order valence-corrected chi connectivity index (χ1v) is 9.34. The van der Waals surface area contributed by atoms with E-state index in [1.165, 1.54) is 7.11 Å². The smallest absolute Gasteiger partial charge is 0.338 e. The Labute approximate surface area is 173 Å². The molecule has 152 valence electrons. The molecule has 0 aliphatic carbocycles. The van der Waals surface area contributed by atoms with E-state index in [-0.39, 0.29) is 0 Å². The number of carbonyl (C=O) groups excluding carboxylic acids is 1. The van der Waals surface area contributed by atoms with Crippen LogP contribution < -0.4 is 9.47 Å². The molecule has 4 rings (SSSR count). The van der Waals surface area contributed by atoms with Gasteiger partial charge >= 0.3 is 5.97 Å². The summed E-state index contributed by atoms with van der Waals surface area (Å²) in [6.07, 6.45) is 0. The molecule has 0 radical (unpaired) electrons. The van der Waals surface area contributed by atoms with Crippen molar-refractivity contribution in [3.63, 3.8) is 0 Å². The van der Waals surface area contributed by atoms with Crippen LogP contribution in [0.4, 0.5) is 0 Å². The van der Waals surface area contributed by atoms with Crippen LogP contribution in [0, 0.1) is 6.92 Å². The van der Waals surface area contributed by atoms with Gasteiger partial charge < -0.3 is 14.2 Å². The number of pyridine rings is 1. The van der Waals surface area contributed by atoms with Crippen molar-refractivity contribution in [1.29, 1.82) is 0 Å². The summed E-state index contributed by atoms with van der Waals surface area (Å²) < 4.78 is 17.5. The monoisotopic (exact) mass is 403 g/mol. The summed E-state index contributed by atoms with van der Waals surface area (Å²) in [5, 5.41) is 5.30. The molecule has 7 heteroatoms. The van der Waals surface area contributed by atoms with E-state index in [1.54, 1.807) is 31.0 Å². The third kappa shape index (κ3) is 3.24. The van der Waals surface area contributed by atoms with Gasteiger partial charge in [0.05, 0.1) is 49.4 Å². The lowest BCUT2D eigenvalue weighted by Crippen LogP contribution is -2.05. The van der Waals surface area contributed by atoms with Crippen LogP contribution in [0.15, 0.2) is 54.6 Å². The fourth-order valence-corrected chi connectivity index (χ4v) is 3.45. The van der Waals surface area contributed by atoms with Crippen molar-refractivity contribution < 1.29 is 19.0 Å². The highest BCUT2D eigenvalue weighted by Crippen LogP contribution is 2.34. The Morgan fingerprint density at radius 3 is 2.33 bits per heavy atom. The van der Waals surface area contributed by atoms with E-state index in [4.69, 9.17) is 19.2 Å². The number of fused-ring (bicyclic) bond motifs is 1. The van der Waals surface area contributed by atoms with E-state index in [2.05, 4.69) is 5.10 Å². The average Bonchev–Trinajstić information content (AvgIpc) is 3.14. The Balaban J connectivity index is 2.01. The molecule has 30 heavy (non-hydrogen) atoms. The molecule has 0 atom stereocenters. The van der Waals surface area contributed by atoms with Crippen LogP contribution in [0.5, 0.6) is 11.5 Å². The number of nitrogens with zero attached hydrogens (tertiary/aromatic N) is 3. The molecule has 0 saturated heterocycles. The maximum absolute atomic E-state index is 12.6. The Morgan fingerprint density at radius 1 is 0.933 bits per heavy atom. The largest absolute Gasteiger partial charge is 0.493 e. The van der Waals surface area contributed by atoms with Gasteiger partial charge in [-0.15, -0.1) is 0 Å². The van der Waals surface area contributed by atoms with Crippen molar-refractivity contribution in [1.82, 2.24) is 14.8 Å². The molecule has 2 heterocycles. The lowest BCUT2D eigenvalue weighted by molar-refractivity contribution is 0.0603. The number of benzene rings is 2. The molecule has 0 spiro atoms. The number of aromatic nitrogens is 3. The third-order valence-electron chi connectivity index (χ3n) is 4.90. The molecule has 0 amide bonds. The highest BCUT2D eigenvalue weighted by atomic mass is 16.5. The molecule has 0 fully saturated rings. The van der Waals surface area contributed by atoms with Gasteiger partial charge in [0.25, 0.3) is 0 Å². The molecule has 2 aromatic heterocycles. The maximum Gasteiger partial charge on any atom is 0.338 e. The number of methoxy groups -OCH3 is 3. The maximum atomic E-state index is 12.6. The van der Waals surface area contributed by atoms with Crippen LogP contribution in [0.1, 0.15) is 16.1 Å². The van der Waals surface area contributed by atoms with E-state index >= 15 is 0 Å². The van der Waals surface area contributed by atoms with Crippen molar-refractivity contribution >= 4 is 17.0 Å². The molecule has 0 saturated carbocycles. The zero-order valence-electron chi connectivity index (χ0n) is 17.2. The number of hydrogen-bond acceptors (Lipinski definition) is 6. The quantitative estimate of drug-likeness (QED) is 0.465. The van der Waals surface area contributed by atoms with E-state index < -0.39 is 5.97 Å². The average molecular weight is 403 g/mol. The number of hydrogen-bond donors (Lipinski definition) is 0. The van der Waals surface area contributed by atoms with Gasteiger partial charge in [-0.05, 0) is 43.3 Å². The van der Waals surface area contributed by atoms with E-state index in [0.29, 0.717) is 39.5 Å². The summed E-state index contributed by atoms with van der Waals surface area (Å²) in [7, 11) is 4.52. The molecule has 4 aromatic rings. The molecule has 0 aliphatic rings. The second kappa shape index (κ2) is 7.87. The van der Waals surface area contributed by atoms with Crippen LogP contribution in [0.3, 0.4) is 0 Å².